The highest BCUT2D eigenvalue weighted by molar-refractivity contribution is 7.90. The highest BCUT2D eigenvalue weighted by Gasteiger charge is 2.20. The Bertz CT molecular complexity index is 1120. The van der Waals surface area contributed by atoms with Crippen LogP contribution in [-0.2, 0) is 14.8 Å². The number of amides is 1. The highest BCUT2D eigenvalue weighted by Crippen LogP contribution is 2.20. The molecular weight excluding hydrogens is 408 g/mol. The zero-order chi connectivity index (χ0) is 21.7. The standard InChI is InChI=1S/C20H20N4O5S/c1-23-14-4-7-19(23)22-30(28,29)17-11-9-16(10-12-17)21-20(25)13-8-15-5-2-3-6-18(15)24(26)27/h2-3,5-6,8-13H,4,7,14H2,1H3,(H,21,25). The Hall–Kier alpha value is -3.53. The van der Waals surface area contributed by atoms with Gasteiger partial charge >= 0.3 is 0 Å². The molecule has 0 saturated carbocycles. The predicted octanol–water partition coefficient (Wildman–Crippen LogP) is 3.06. The average molecular weight is 428 g/mol. The maximum atomic E-state index is 12.4. The van der Waals surface area contributed by atoms with Crippen LogP contribution < -0.4 is 5.32 Å². The average Bonchev–Trinajstić information content (AvgIpc) is 3.11. The molecule has 30 heavy (non-hydrogen) atoms. The van der Waals surface area contributed by atoms with Crippen LogP contribution in [0.4, 0.5) is 11.4 Å². The number of nitrogens with one attached hydrogen (secondary N) is 1. The molecule has 0 spiro atoms. The summed E-state index contributed by atoms with van der Waals surface area (Å²) in [7, 11) is -2.02. The monoisotopic (exact) mass is 428 g/mol. The molecule has 0 aromatic heterocycles. The van der Waals surface area contributed by atoms with Crippen LogP contribution in [0.2, 0.25) is 0 Å². The molecule has 2 aromatic carbocycles. The highest BCUT2D eigenvalue weighted by atomic mass is 32.2. The summed E-state index contributed by atoms with van der Waals surface area (Å²) in [4.78, 5) is 24.4. The first-order valence-corrected chi connectivity index (χ1v) is 10.6. The molecule has 1 aliphatic rings. The van der Waals surface area contributed by atoms with Crippen LogP contribution in [0, 0.1) is 10.1 Å². The van der Waals surface area contributed by atoms with Crippen molar-refractivity contribution in [3.05, 3.63) is 70.3 Å². The van der Waals surface area contributed by atoms with E-state index in [0.717, 1.165) is 13.0 Å². The van der Waals surface area contributed by atoms with E-state index < -0.39 is 20.9 Å². The lowest BCUT2D eigenvalue weighted by Gasteiger charge is -2.11. The van der Waals surface area contributed by atoms with Crippen molar-refractivity contribution in [2.24, 2.45) is 4.40 Å². The van der Waals surface area contributed by atoms with Crippen LogP contribution in [0.5, 0.6) is 0 Å². The van der Waals surface area contributed by atoms with Crippen LogP contribution >= 0.6 is 0 Å². The smallest absolute Gasteiger partial charge is 0.283 e. The van der Waals surface area contributed by atoms with E-state index in [4.69, 9.17) is 0 Å². The molecule has 1 fully saturated rings. The van der Waals surface area contributed by atoms with Crippen LogP contribution in [-0.4, -0.2) is 43.6 Å². The summed E-state index contributed by atoms with van der Waals surface area (Å²) >= 11 is 0. The molecule has 0 bridgehead atoms. The molecule has 1 aliphatic heterocycles. The van der Waals surface area contributed by atoms with Crippen molar-refractivity contribution in [1.82, 2.24) is 4.90 Å². The van der Waals surface area contributed by atoms with Crippen molar-refractivity contribution >= 4 is 39.2 Å². The second-order valence-corrected chi connectivity index (χ2v) is 8.27. The van der Waals surface area contributed by atoms with Gasteiger partial charge in [0.25, 0.3) is 15.7 Å². The molecule has 1 amide bonds. The third kappa shape index (κ3) is 5.09. The van der Waals surface area contributed by atoms with Crippen LogP contribution in [0.1, 0.15) is 18.4 Å². The Morgan fingerprint density at radius 3 is 2.53 bits per heavy atom. The molecule has 10 heteroatoms. The van der Waals surface area contributed by atoms with E-state index in [2.05, 4.69) is 9.71 Å². The summed E-state index contributed by atoms with van der Waals surface area (Å²) in [5.41, 5.74) is 0.581. The fraction of sp³-hybridized carbons (Fsp3) is 0.200. The minimum absolute atomic E-state index is 0.0313. The number of likely N-dealkylation sites (tertiary alicyclic amines) is 1. The zero-order valence-electron chi connectivity index (χ0n) is 16.2. The summed E-state index contributed by atoms with van der Waals surface area (Å²) in [5, 5.41) is 13.6. The van der Waals surface area contributed by atoms with E-state index in [1.807, 2.05) is 4.90 Å². The second-order valence-electron chi connectivity index (χ2n) is 6.67. The summed E-state index contributed by atoms with van der Waals surface area (Å²) in [6.45, 7) is 0.777. The van der Waals surface area contributed by atoms with Gasteiger partial charge < -0.3 is 10.2 Å². The first-order valence-electron chi connectivity index (χ1n) is 9.14. The van der Waals surface area contributed by atoms with E-state index >= 15 is 0 Å². The van der Waals surface area contributed by atoms with Gasteiger partial charge in [0.1, 0.15) is 5.84 Å². The largest absolute Gasteiger partial charge is 0.362 e. The number of nitro benzene ring substituents is 1. The van der Waals surface area contributed by atoms with Crippen molar-refractivity contribution in [1.29, 1.82) is 0 Å². The Kier molecular flexibility index (Phi) is 6.26. The molecule has 156 valence electrons. The predicted molar refractivity (Wildman–Crippen MR) is 114 cm³/mol. The van der Waals surface area contributed by atoms with Gasteiger partial charge in [-0.05, 0) is 42.8 Å². The van der Waals surface area contributed by atoms with Gasteiger partial charge in [-0.3, -0.25) is 14.9 Å². The second kappa shape index (κ2) is 8.87. The Balaban J connectivity index is 1.69. The minimum Gasteiger partial charge on any atom is -0.362 e. The van der Waals surface area contributed by atoms with E-state index in [1.165, 1.54) is 48.6 Å². The lowest BCUT2D eigenvalue weighted by atomic mass is 10.1. The number of carbonyl (C=O) groups is 1. The van der Waals surface area contributed by atoms with Gasteiger partial charge in [-0.15, -0.1) is 4.40 Å². The molecule has 2 aromatic rings. The van der Waals surface area contributed by atoms with Crippen molar-refractivity contribution in [2.75, 3.05) is 18.9 Å². The van der Waals surface area contributed by atoms with E-state index in [9.17, 15) is 23.3 Å². The number of benzene rings is 2. The third-order valence-electron chi connectivity index (χ3n) is 4.53. The number of anilines is 1. The quantitative estimate of drug-likeness (QED) is 0.429. The summed E-state index contributed by atoms with van der Waals surface area (Å²) in [6.07, 6.45) is 4.01. The maximum absolute atomic E-state index is 12.4. The Morgan fingerprint density at radius 2 is 1.90 bits per heavy atom. The van der Waals surface area contributed by atoms with Gasteiger partial charge in [0.15, 0.2) is 0 Å². The summed E-state index contributed by atoms with van der Waals surface area (Å²) in [6, 6.07) is 11.7. The van der Waals surface area contributed by atoms with E-state index in [1.54, 1.807) is 19.2 Å². The molecule has 0 atom stereocenters. The van der Waals surface area contributed by atoms with Gasteiger partial charge in [0, 0.05) is 37.8 Å². The lowest BCUT2D eigenvalue weighted by molar-refractivity contribution is -0.385. The molecule has 1 heterocycles. The molecule has 9 nitrogen and oxygen atoms in total. The molecule has 1 saturated heterocycles. The third-order valence-corrected chi connectivity index (χ3v) is 5.85. The fourth-order valence-electron chi connectivity index (χ4n) is 2.96. The zero-order valence-corrected chi connectivity index (χ0v) is 17.0. The maximum Gasteiger partial charge on any atom is 0.283 e. The van der Waals surface area contributed by atoms with Crippen molar-refractivity contribution < 1.29 is 18.1 Å². The number of nitro groups is 1. The van der Waals surface area contributed by atoms with E-state index in [0.29, 0.717) is 23.5 Å². The first kappa shape index (κ1) is 21.2. The van der Waals surface area contributed by atoms with Crippen LogP contribution in [0.15, 0.2) is 63.9 Å². The number of hydrogen-bond acceptors (Lipinski definition) is 5. The first-order chi connectivity index (χ1) is 14.3. The molecule has 0 unspecified atom stereocenters. The molecule has 3 rings (SSSR count). The van der Waals surface area contributed by atoms with Gasteiger partial charge in [0.05, 0.1) is 15.4 Å². The Labute approximate surface area is 173 Å². The number of amidine groups is 1. The van der Waals surface area contributed by atoms with E-state index in [-0.39, 0.29) is 10.6 Å². The normalized spacial score (nSPS) is 15.6. The molecule has 0 aliphatic carbocycles. The van der Waals surface area contributed by atoms with Crippen molar-refractivity contribution in [2.45, 2.75) is 17.7 Å². The van der Waals surface area contributed by atoms with Crippen molar-refractivity contribution in [3.63, 3.8) is 0 Å². The van der Waals surface area contributed by atoms with Crippen LogP contribution in [0.25, 0.3) is 6.08 Å². The summed E-state index contributed by atoms with van der Waals surface area (Å²) < 4.78 is 28.8. The number of carbonyl (C=O) groups excluding carboxylic acids is 1. The number of nitrogens with zero attached hydrogens (tertiary/aromatic N) is 3. The topological polar surface area (TPSA) is 122 Å². The van der Waals surface area contributed by atoms with Crippen molar-refractivity contribution in [3.8, 4) is 0 Å². The van der Waals surface area contributed by atoms with Gasteiger partial charge in [-0.2, -0.15) is 8.42 Å². The van der Waals surface area contributed by atoms with Gasteiger partial charge in [-0.25, -0.2) is 0 Å². The summed E-state index contributed by atoms with van der Waals surface area (Å²) in [5.74, 6) is 0.0316. The molecule has 1 N–H and O–H groups in total. The SMILES string of the molecule is CN1CCCC1=NS(=O)(=O)c1ccc(NC(=O)C=Cc2ccccc2[N+](=O)[O-])cc1. The van der Waals surface area contributed by atoms with Gasteiger partial charge in [0.2, 0.25) is 5.91 Å². The number of sulfonamides is 1. The number of hydrogen-bond donors (Lipinski definition) is 1. The molecule has 0 radical (unpaired) electrons. The molecular formula is C20H20N4O5S. The van der Waals surface area contributed by atoms with Gasteiger partial charge in [-0.1, -0.05) is 12.1 Å². The number of rotatable bonds is 6. The lowest BCUT2D eigenvalue weighted by Crippen LogP contribution is -2.20. The van der Waals surface area contributed by atoms with Crippen LogP contribution in [0.3, 0.4) is 0 Å². The fourth-order valence-corrected chi connectivity index (χ4v) is 4.05. The Morgan fingerprint density at radius 1 is 1.20 bits per heavy atom. The number of para-hydroxylation sites is 1. The minimum atomic E-state index is -3.83.